The van der Waals surface area contributed by atoms with Gasteiger partial charge in [-0.25, -0.2) is 4.98 Å². The normalized spacial score (nSPS) is 14.5. The van der Waals surface area contributed by atoms with Gasteiger partial charge in [0.05, 0.1) is 6.33 Å². The molecule has 0 aromatic carbocycles. The van der Waals surface area contributed by atoms with Gasteiger partial charge in [-0.05, 0) is 17.8 Å². The SMILES string of the molecule is CCC(C)C(C)(C)Cc1cnc[nH]1. The number of H-pyrrole nitrogens is 1. The molecular weight excluding hydrogens is 160 g/mol. The monoisotopic (exact) mass is 180 g/mol. The molecule has 2 nitrogen and oxygen atoms in total. The average Bonchev–Trinajstić information content (AvgIpc) is 2.54. The van der Waals surface area contributed by atoms with E-state index in [1.165, 1.54) is 12.1 Å². The molecule has 1 unspecified atom stereocenters. The summed E-state index contributed by atoms with van der Waals surface area (Å²) in [5.74, 6) is 0.746. The van der Waals surface area contributed by atoms with Crippen LogP contribution in [0.4, 0.5) is 0 Å². The van der Waals surface area contributed by atoms with Crippen LogP contribution in [0.15, 0.2) is 12.5 Å². The van der Waals surface area contributed by atoms with Gasteiger partial charge >= 0.3 is 0 Å². The average molecular weight is 180 g/mol. The first-order chi connectivity index (χ1) is 6.06. The van der Waals surface area contributed by atoms with Gasteiger partial charge in [-0.2, -0.15) is 0 Å². The Morgan fingerprint density at radius 2 is 2.23 bits per heavy atom. The van der Waals surface area contributed by atoms with Crippen LogP contribution < -0.4 is 0 Å². The van der Waals surface area contributed by atoms with Crippen molar-refractivity contribution in [1.82, 2.24) is 9.97 Å². The van der Waals surface area contributed by atoms with Crippen LogP contribution in [0.3, 0.4) is 0 Å². The summed E-state index contributed by atoms with van der Waals surface area (Å²) in [5, 5.41) is 0. The van der Waals surface area contributed by atoms with E-state index in [4.69, 9.17) is 0 Å². The lowest BCUT2D eigenvalue weighted by atomic mass is 9.75. The Bertz CT molecular complexity index is 237. The number of nitrogens with zero attached hydrogens (tertiary/aromatic N) is 1. The first kappa shape index (κ1) is 10.3. The van der Waals surface area contributed by atoms with Gasteiger partial charge in [0.2, 0.25) is 0 Å². The van der Waals surface area contributed by atoms with Crippen LogP contribution in [0.5, 0.6) is 0 Å². The van der Waals surface area contributed by atoms with Crippen LogP contribution in [-0.4, -0.2) is 9.97 Å². The van der Waals surface area contributed by atoms with E-state index in [1.807, 2.05) is 6.20 Å². The molecule has 0 saturated heterocycles. The summed E-state index contributed by atoms with van der Waals surface area (Å²) < 4.78 is 0. The summed E-state index contributed by atoms with van der Waals surface area (Å²) in [6.45, 7) is 9.21. The zero-order valence-electron chi connectivity index (χ0n) is 9.09. The highest BCUT2D eigenvalue weighted by Crippen LogP contribution is 2.32. The molecule has 1 aromatic heterocycles. The summed E-state index contributed by atoms with van der Waals surface area (Å²) in [4.78, 5) is 7.20. The van der Waals surface area contributed by atoms with Crippen LogP contribution in [0.2, 0.25) is 0 Å². The number of nitrogens with one attached hydrogen (secondary N) is 1. The highest BCUT2D eigenvalue weighted by atomic mass is 14.9. The summed E-state index contributed by atoms with van der Waals surface area (Å²) in [6.07, 6.45) is 6.00. The zero-order chi connectivity index (χ0) is 9.90. The standard InChI is InChI=1S/C11H20N2/c1-5-9(2)11(3,4)6-10-7-12-8-13-10/h7-9H,5-6H2,1-4H3,(H,12,13). The van der Waals surface area contributed by atoms with Crippen molar-refractivity contribution in [3.8, 4) is 0 Å². The van der Waals surface area contributed by atoms with Gasteiger partial charge < -0.3 is 4.98 Å². The van der Waals surface area contributed by atoms with Crippen LogP contribution >= 0.6 is 0 Å². The fraction of sp³-hybridized carbons (Fsp3) is 0.727. The molecule has 0 aliphatic rings. The number of aromatic nitrogens is 2. The summed E-state index contributed by atoms with van der Waals surface area (Å²) in [6, 6.07) is 0. The topological polar surface area (TPSA) is 28.7 Å². The fourth-order valence-corrected chi connectivity index (χ4v) is 1.60. The molecule has 0 bridgehead atoms. The predicted octanol–water partition coefficient (Wildman–Crippen LogP) is 3.02. The van der Waals surface area contributed by atoms with Gasteiger partial charge in [-0.3, -0.25) is 0 Å². The van der Waals surface area contributed by atoms with Gasteiger partial charge in [0.25, 0.3) is 0 Å². The van der Waals surface area contributed by atoms with Gasteiger partial charge in [-0.1, -0.05) is 34.1 Å². The zero-order valence-corrected chi connectivity index (χ0v) is 9.09. The van der Waals surface area contributed by atoms with Crippen LogP contribution in [0.1, 0.15) is 39.8 Å². The lowest BCUT2D eigenvalue weighted by Crippen LogP contribution is -2.23. The molecular formula is C11H20N2. The van der Waals surface area contributed by atoms with Crippen molar-refractivity contribution < 1.29 is 0 Å². The molecule has 1 N–H and O–H groups in total. The molecule has 74 valence electrons. The minimum atomic E-state index is 0.362. The minimum Gasteiger partial charge on any atom is -0.348 e. The fourth-order valence-electron chi connectivity index (χ4n) is 1.60. The molecule has 0 saturated carbocycles. The largest absolute Gasteiger partial charge is 0.348 e. The van der Waals surface area contributed by atoms with Gasteiger partial charge in [-0.15, -0.1) is 0 Å². The Hall–Kier alpha value is -0.790. The first-order valence-corrected chi connectivity index (χ1v) is 5.03. The molecule has 0 fully saturated rings. The molecule has 13 heavy (non-hydrogen) atoms. The second-order valence-corrected chi connectivity index (χ2v) is 4.55. The minimum absolute atomic E-state index is 0.362. The number of hydrogen-bond acceptors (Lipinski definition) is 1. The molecule has 1 heterocycles. The van der Waals surface area contributed by atoms with E-state index in [9.17, 15) is 0 Å². The quantitative estimate of drug-likeness (QED) is 0.758. The van der Waals surface area contributed by atoms with Crippen molar-refractivity contribution in [2.75, 3.05) is 0 Å². The number of rotatable bonds is 4. The number of imidazole rings is 1. The Labute approximate surface area is 80.8 Å². The van der Waals surface area contributed by atoms with E-state index in [0.29, 0.717) is 5.41 Å². The second kappa shape index (κ2) is 3.95. The van der Waals surface area contributed by atoms with Crippen molar-refractivity contribution >= 4 is 0 Å². The van der Waals surface area contributed by atoms with E-state index >= 15 is 0 Å². The Kier molecular flexibility index (Phi) is 3.12. The molecule has 2 heteroatoms. The lowest BCUT2D eigenvalue weighted by molar-refractivity contribution is 0.221. The third kappa shape index (κ3) is 2.58. The maximum atomic E-state index is 4.04. The summed E-state index contributed by atoms with van der Waals surface area (Å²) in [7, 11) is 0. The van der Waals surface area contributed by atoms with Gasteiger partial charge in [0.15, 0.2) is 0 Å². The molecule has 1 rings (SSSR count). The molecule has 0 radical (unpaired) electrons. The van der Waals surface area contributed by atoms with Gasteiger partial charge in [0.1, 0.15) is 0 Å². The molecule has 1 atom stereocenters. The molecule has 0 aliphatic heterocycles. The molecule has 1 aromatic rings. The van der Waals surface area contributed by atoms with Crippen molar-refractivity contribution in [1.29, 1.82) is 0 Å². The lowest BCUT2D eigenvalue weighted by Gasteiger charge is -2.30. The Morgan fingerprint density at radius 1 is 1.54 bits per heavy atom. The maximum Gasteiger partial charge on any atom is 0.0921 e. The van der Waals surface area contributed by atoms with Crippen molar-refractivity contribution in [3.63, 3.8) is 0 Å². The number of aromatic amines is 1. The van der Waals surface area contributed by atoms with Gasteiger partial charge in [0, 0.05) is 11.9 Å². The Morgan fingerprint density at radius 3 is 2.69 bits per heavy atom. The Balaban J connectivity index is 2.61. The second-order valence-electron chi connectivity index (χ2n) is 4.55. The smallest absolute Gasteiger partial charge is 0.0921 e. The summed E-state index contributed by atoms with van der Waals surface area (Å²) in [5.41, 5.74) is 1.60. The van der Waals surface area contributed by atoms with E-state index in [2.05, 4.69) is 37.7 Å². The molecule has 0 amide bonds. The maximum absolute atomic E-state index is 4.04. The first-order valence-electron chi connectivity index (χ1n) is 5.03. The van der Waals surface area contributed by atoms with Crippen molar-refractivity contribution in [2.24, 2.45) is 11.3 Å². The molecule has 0 aliphatic carbocycles. The number of hydrogen-bond donors (Lipinski definition) is 1. The van der Waals surface area contributed by atoms with E-state index in [1.54, 1.807) is 6.33 Å². The van der Waals surface area contributed by atoms with Crippen molar-refractivity contribution in [2.45, 2.75) is 40.5 Å². The van der Waals surface area contributed by atoms with E-state index < -0.39 is 0 Å². The van der Waals surface area contributed by atoms with Crippen LogP contribution in [-0.2, 0) is 6.42 Å². The third-order valence-corrected chi connectivity index (χ3v) is 3.15. The van der Waals surface area contributed by atoms with Crippen LogP contribution in [0, 0.1) is 11.3 Å². The van der Waals surface area contributed by atoms with E-state index in [-0.39, 0.29) is 0 Å². The third-order valence-electron chi connectivity index (χ3n) is 3.15. The summed E-state index contributed by atoms with van der Waals surface area (Å²) >= 11 is 0. The molecule has 0 spiro atoms. The highest BCUT2D eigenvalue weighted by molar-refractivity contribution is 4.99. The predicted molar refractivity (Wildman–Crippen MR) is 55.5 cm³/mol. The van der Waals surface area contributed by atoms with E-state index in [0.717, 1.165) is 12.3 Å². The highest BCUT2D eigenvalue weighted by Gasteiger charge is 2.25. The van der Waals surface area contributed by atoms with Crippen molar-refractivity contribution in [3.05, 3.63) is 18.2 Å². The van der Waals surface area contributed by atoms with Crippen LogP contribution in [0.25, 0.3) is 0 Å².